The second-order valence-corrected chi connectivity index (χ2v) is 8.33. The van der Waals surface area contributed by atoms with Gasteiger partial charge in [0.25, 0.3) is 5.91 Å². The Morgan fingerprint density at radius 2 is 1.59 bits per heavy atom. The normalized spacial score (nSPS) is 13.6. The molecule has 3 aromatic carbocycles. The maximum Gasteiger partial charge on any atom is 0.260 e. The quantitative estimate of drug-likeness (QED) is 0.411. The SMILES string of the molecule is O=C(COc1ccc(-c2nnc(Nc3ccc(F)cc3)c3ccccc23)cc1)N1CCCCC1. The van der Waals surface area contributed by atoms with Crippen molar-refractivity contribution in [3.8, 4) is 17.0 Å². The molecule has 4 aromatic rings. The van der Waals surface area contributed by atoms with Crippen molar-refractivity contribution < 1.29 is 13.9 Å². The molecule has 5 rings (SSSR count). The standard InChI is InChI=1S/C27H25FN4O2/c28-20-10-12-21(13-11-20)29-27-24-7-3-2-6-23(24)26(30-31-27)19-8-14-22(15-9-19)34-18-25(33)32-16-4-1-5-17-32/h2-3,6-15H,1,4-5,16-18H2,(H,29,31). The number of ether oxygens (including phenoxy) is 1. The maximum atomic E-state index is 13.2. The number of fused-ring (bicyclic) bond motifs is 1. The molecule has 1 amide bonds. The summed E-state index contributed by atoms with van der Waals surface area (Å²) in [6.07, 6.45) is 3.31. The van der Waals surface area contributed by atoms with E-state index in [1.807, 2.05) is 53.4 Å². The third-order valence-electron chi connectivity index (χ3n) is 5.99. The molecule has 0 spiro atoms. The van der Waals surface area contributed by atoms with Crippen molar-refractivity contribution in [1.82, 2.24) is 15.1 Å². The number of benzene rings is 3. The molecule has 0 atom stereocenters. The number of halogens is 1. The molecule has 0 bridgehead atoms. The molecule has 0 saturated carbocycles. The lowest BCUT2D eigenvalue weighted by Crippen LogP contribution is -2.38. The average molecular weight is 457 g/mol. The highest BCUT2D eigenvalue weighted by molar-refractivity contribution is 6.00. The molecule has 172 valence electrons. The number of nitrogens with zero attached hydrogens (tertiary/aromatic N) is 3. The zero-order valence-electron chi connectivity index (χ0n) is 18.7. The molecular formula is C27H25FN4O2. The van der Waals surface area contributed by atoms with Crippen LogP contribution in [0.4, 0.5) is 15.9 Å². The van der Waals surface area contributed by atoms with Crippen molar-refractivity contribution in [2.45, 2.75) is 19.3 Å². The number of piperidine rings is 1. The fourth-order valence-electron chi connectivity index (χ4n) is 4.17. The number of hydrogen-bond acceptors (Lipinski definition) is 5. The van der Waals surface area contributed by atoms with Gasteiger partial charge in [0.05, 0.1) is 0 Å². The first-order valence-corrected chi connectivity index (χ1v) is 11.5. The number of carbonyl (C=O) groups is 1. The summed E-state index contributed by atoms with van der Waals surface area (Å²) in [4.78, 5) is 14.2. The van der Waals surface area contributed by atoms with E-state index in [1.165, 1.54) is 18.6 Å². The number of aromatic nitrogens is 2. The minimum atomic E-state index is -0.292. The lowest BCUT2D eigenvalue weighted by molar-refractivity contribution is -0.134. The first kappa shape index (κ1) is 21.8. The predicted octanol–water partition coefficient (Wildman–Crippen LogP) is 5.57. The van der Waals surface area contributed by atoms with Crippen molar-refractivity contribution in [3.63, 3.8) is 0 Å². The van der Waals surface area contributed by atoms with Crippen LogP contribution >= 0.6 is 0 Å². The fraction of sp³-hybridized carbons (Fsp3) is 0.222. The highest BCUT2D eigenvalue weighted by atomic mass is 19.1. The van der Waals surface area contributed by atoms with Crippen molar-refractivity contribution in [2.24, 2.45) is 0 Å². The first-order valence-electron chi connectivity index (χ1n) is 11.5. The molecule has 6 nitrogen and oxygen atoms in total. The van der Waals surface area contributed by atoms with E-state index in [0.29, 0.717) is 11.6 Å². The second kappa shape index (κ2) is 9.87. The summed E-state index contributed by atoms with van der Waals surface area (Å²) in [5.74, 6) is 0.980. The smallest absolute Gasteiger partial charge is 0.260 e. The van der Waals surface area contributed by atoms with Crippen LogP contribution in [0.3, 0.4) is 0 Å². The lowest BCUT2D eigenvalue weighted by Gasteiger charge is -2.26. The van der Waals surface area contributed by atoms with Gasteiger partial charge in [-0.3, -0.25) is 4.79 Å². The first-order chi connectivity index (χ1) is 16.7. The topological polar surface area (TPSA) is 67.3 Å². The third-order valence-corrected chi connectivity index (χ3v) is 5.99. The summed E-state index contributed by atoms with van der Waals surface area (Å²) < 4.78 is 19.0. The average Bonchev–Trinajstić information content (AvgIpc) is 2.90. The highest BCUT2D eigenvalue weighted by Gasteiger charge is 2.17. The highest BCUT2D eigenvalue weighted by Crippen LogP contribution is 2.31. The molecule has 0 radical (unpaired) electrons. The lowest BCUT2D eigenvalue weighted by atomic mass is 10.0. The third kappa shape index (κ3) is 4.83. The van der Waals surface area contributed by atoms with Gasteiger partial charge < -0.3 is 15.0 Å². The Labute approximate surface area is 197 Å². The van der Waals surface area contributed by atoms with Gasteiger partial charge in [0.2, 0.25) is 0 Å². The Balaban J connectivity index is 1.33. The van der Waals surface area contributed by atoms with E-state index < -0.39 is 0 Å². The van der Waals surface area contributed by atoms with E-state index in [-0.39, 0.29) is 18.3 Å². The number of amides is 1. The van der Waals surface area contributed by atoms with Crippen LogP contribution in [0.25, 0.3) is 22.0 Å². The summed E-state index contributed by atoms with van der Waals surface area (Å²) in [6, 6.07) is 21.5. The van der Waals surface area contributed by atoms with E-state index in [1.54, 1.807) is 12.1 Å². The van der Waals surface area contributed by atoms with Gasteiger partial charge in [-0.25, -0.2) is 4.39 Å². The molecule has 1 N–H and O–H groups in total. The number of anilines is 2. The predicted molar refractivity (Wildman–Crippen MR) is 131 cm³/mol. The van der Waals surface area contributed by atoms with Crippen LogP contribution in [0, 0.1) is 5.82 Å². The van der Waals surface area contributed by atoms with Crippen molar-refractivity contribution in [2.75, 3.05) is 25.0 Å². The van der Waals surface area contributed by atoms with Gasteiger partial charge in [0.15, 0.2) is 12.4 Å². The van der Waals surface area contributed by atoms with Crippen LogP contribution in [0.2, 0.25) is 0 Å². The number of nitrogens with one attached hydrogen (secondary N) is 1. The molecule has 7 heteroatoms. The van der Waals surface area contributed by atoms with Crippen LogP contribution < -0.4 is 10.1 Å². The molecule has 1 aliphatic rings. The molecule has 34 heavy (non-hydrogen) atoms. The molecular weight excluding hydrogens is 431 g/mol. The van der Waals surface area contributed by atoms with Gasteiger partial charge in [-0.05, 0) is 67.8 Å². The van der Waals surface area contributed by atoms with Crippen LogP contribution in [0.15, 0.2) is 72.8 Å². The van der Waals surface area contributed by atoms with Gasteiger partial charge in [0, 0.05) is 35.1 Å². The summed E-state index contributed by atoms with van der Waals surface area (Å²) >= 11 is 0. The Morgan fingerprint density at radius 3 is 2.32 bits per heavy atom. The summed E-state index contributed by atoms with van der Waals surface area (Å²) in [5, 5.41) is 13.9. The van der Waals surface area contributed by atoms with Gasteiger partial charge in [-0.1, -0.05) is 24.3 Å². The summed E-state index contributed by atoms with van der Waals surface area (Å²) in [5.41, 5.74) is 2.37. The Hall–Kier alpha value is -4.00. The van der Waals surface area contributed by atoms with Crippen LogP contribution in [-0.2, 0) is 4.79 Å². The number of carbonyl (C=O) groups excluding carboxylic acids is 1. The van der Waals surface area contributed by atoms with E-state index in [0.717, 1.165) is 53.6 Å². The number of rotatable bonds is 6. The second-order valence-electron chi connectivity index (χ2n) is 8.33. The Kier molecular flexibility index (Phi) is 6.33. The van der Waals surface area contributed by atoms with E-state index >= 15 is 0 Å². The maximum absolute atomic E-state index is 13.2. The van der Waals surface area contributed by atoms with Crippen molar-refractivity contribution in [1.29, 1.82) is 0 Å². The minimum absolute atomic E-state index is 0.0323. The molecule has 2 heterocycles. The Bertz CT molecular complexity index is 1290. The zero-order chi connectivity index (χ0) is 23.3. The molecule has 1 saturated heterocycles. The van der Waals surface area contributed by atoms with Gasteiger partial charge in [0.1, 0.15) is 17.3 Å². The number of likely N-dealkylation sites (tertiary alicyclic amines) is 1. The molecule has 0 unspecified atom stereocenters. The molecule has 0 aliphatic carbocycles. The van der Waals surface area contributed by atoms with Crippen molar-refractivity contribution in [3.05, 3.63) is 78.6 Å². The number of hydrogen-bond donors (Lipinski definition) is 1. The van der Waals surface area contributed by atoms with Crippen LogP contribution in [-0.4, -0.2) is 40.7 Å². The fourth-order valence-corrected chi connectivity index (χ4v) is 4.17. The van der Waals surface area contributed by atoms with E-state index in [2.05, 4.69) is 15.5 Å². The van der Waals surface area contributed by atoms with Gasteiger partial charge in [-0.15, -0.1) is 10.2 Å². The van der Waals surface area contributed by atoms with Crippen LogP contribution in [0.5, 0.6) is 5.75 Å². The monoisotopic (exact) mass is 456 g/mol. The van der Waals surface area contributed by atoms with E-state index in [9.17, 15) is 9.18 Å². The van der Waals surface area contributed by atoms with Crippen LogP contribution in [0.1, 0.15) is 19.3 Å². The molecule has 1 aliphatic heterocycles. The largest absolute Gasteiger partial charge is 0.484 e. The summed E-state index contributed by atoms with van der Waals surface area (Å²) in [6.45, 7) is 1.68. The zero-order valence-corrected chi connectivity index (χ0v) is 18.7. The summed E-state index contributed by atoms with van der Waals surface area (Å²) in [7, 11) is 0. The van der Waals surface area contributed by atoms with Crippen molar-refractivity contribution >= 4 is 28.2 Å². The van der Waals surface area contributed by atoms with E-state index in [4.69, 9.17) is 4.74 Å². The molecule has 1 fully saturated rings. The van der Waals surface area contributed by atoms with Gasteiger partial charge in [-0.2, -0.15) is 0 Å². The molecule has 1 aromatic heterocycles. The van der Waals surface area contributed by atoms with Gasteiger partial charge >= 0.3 is 0 Å². The Morgan fingerprint density at radius 1 is 0.882 bits per heavy atom. The minimum Gasteiger partial charge on any atom is -0.484 e.